The second kappa shape index (κ2) is 5.73. The minimum absolute atomic E-state index is 0.289. The van der Waals surface area contributed by atoms with Gasteiger partial charge in [-0.3, -0.25) is 0 Å². The quantitative estimate of drug-likeness (QED) is 0.574. The van der Waals surface area contributed by atoms with Crippen LogP contribution in [0, 0.1) is 6.92 Å². The van der Waals surface area contributed by atoms with Crippen LogP contribution in [0.5, 0.6) is 0 Å². The van der Waals surface area contributed by atoms with E-state index < -0.39 is 0 Å². The van der Waals surface area contributed by atoms with Crippen LogP contribution in [0.3, 0.4) is 0 Å². The van der Waals surface area contributed by atoms with E-state index in [1.807, 2.05) is 48.7 Å². The Labute approximate surface area is 135 Å². The zero-order chi connectivity index (χ0) is 15.6. The number of tetrazole rings is 1. The maximum absolute atomic E-state index is 5.24. The van der Waals surface area contributed by atoms with Crippen molar-refractivity contribution >= 4 is 11.3 Å². The molecule has 0 aliphatic carbocycles. The Balaban J connectivity index is 1.53. The first-order valence-electron chi connectivity index (χ1n) is 6.99. The monoisotopic (exact) mass is 324 g/mol. The molecule has 3 heterocycles. The first kappa shape index (κ1) is 13.8. The Morgan fingerprint density at radius 3 is 2.78 bits per heavy atom. The number of benzene rings is 1. The zero-order valence-corrected chi connectivity index (χ0v) is 13.1. The SMILES string of the molecule is Cc1ccc(-c2nnn(Cc3nc(-c4cccs4)no3)n2)cc1. The van der Waals surface area contributed by atoms with Crippen LogP contribution < -0.4 is 0 Å². The highest BCUT2D eigenvalue weighted by Crippen LogP contribution is 2.21. The van der Waals surface area contributed by atoms with Crippen molar-refractivity contribution in [2.45, 2.75) is 13.5 Å². The van der Waals surface area contributed by atoms with Crippen molar-refractivity contribution in [3.63, 3.8) is 0 Å². The van der Waals surface area contributed by atoms with Gasteiger partial charge in [0.2, 0.25) is 11.6 Å². The molecule has 23 heavy (non-hydrogen) atoms. The highest BCUT2D eigenvalue weighted by atomic mass is 32.1. The largest absolute Gasteiger partial charge is 0.337 e. The van der Waals surface area contributed by atoms with E-state index in [1.54, 1.807) is 11.3 Å². The van der Waals surface area contributed by atoms with Gasteiger partial charge in [-0.05, 0) is 23.6 Å². The molecule has 0 aliphatic heterocycles. The first-order chi connectivity index (χ1) is 11.3. The smallest absolute Gasteiger partial charge is 0.250 e. The Hall–Kier alpha value is -2.87. The average molecular weight is 324 g/mol. The molecule has 1 aromatic carbocycles. The molecular formula is C15H12N6OS. The van der Waals surface area contributed by atoms with Gasteiger partial charge in [-0.15, -0.1) is 21.5 Å². The number of thiophene rings is 1. The van der Waals surface area contributed by atoms with Crippen LogP contribution >= 0.6 is 11.3 Å². The number of rotatable bonds is 4. The van der Waals surface area contributed by atoms with Crippen LogP contribution in [0.25, 0.3) is 22.1 Å². The summed E-state index contributed by atoms with van der Waals surface area (Å²) in [5, 5.41) is 18.4. The molecule has 7 nitrogen and oxygen atoms in total. The second-order valence-corrected chi connectivity index (χ2v) is 5.95. The molecule has 0 bridgehead atoms. The van der Waals surface area contributed by atoms with Gasteiger partial charge in [-0.25, -0.2) is 0 Å². The second-order valence-electron chi connectivity index (χ2n) is 5.00. The molecule has 0 radical (unpaired) electrons. The molecule has 0 aliphatic rings. The van der Waals surface area contributed by atoms with Gasteiger partial charge in [0.15, 0.2) is 0 Å². The molecule has 3 aromatic heterocycles. The Morgan fingerprint density at radius 1 is 1.13 bits per heavy atom. The third kappa shape index (κ3) is 2.88. The molecular weight excluding hydrogens is 312 g/mol. The third-order valence-corrected chi connectivity index (χ3v) is 4.11. The van der Waals surface area contributed by atoms with E-state index in [-0.39, 0.29) is 6.54 Å². The van der Waals surface area contributed by atoms with Gasteiger partial charge in [0.25, 0.3) is 5.89 Å². The van der Waals surface area contributed by atoms with Gasteiger partial charge in [-0.1, -0.05) is 41.1 Å². The molecule has 0 fully saturated rings. The molecule has 8 heteroatoms. The maximum atomic E-state index is 5.24. The van der Waals surface area contributed by atoms with Crippen LogP contribution in [0.15, 0.2) is 46.3 Å². The van der Waals surface area contributed by atoms with Crippen molar-refractivity contribution in [2.24, 2.45) is 0 Å². The summed E-state index contributed by atoms with van der Waals surface area (Å²) in [4.78, 5) is 6.76. The lowest BCUT2D eigenvalue weighted by Gasteiger charge is -1.95. The van der Waals surface area contributed by atoms with Crippen LogP contribution in [0.2, 0.25) is 0 Å². The van der Waals surface area contributed by atoms with E-state index in [9.17, 15) is 0 Å². The Morgan fingerprint density at radius 2 is 2.00 bits per heavy atom. The number of aromatic nitrogens is 6. The summed E-state index contributed by atoms with van der Waals surface area (Å²) >= 11 is 1.56. The topological polar surface area (TPSA) is 82.5 Å². The molecule has 0 atom stereocenters. The van der Waals surface area contributed by atoms with E-state index in [1.165, 1.54) is 10.4 Å². The van der Waals surface area contributed by atoms with Crippen LogP contribution in [0.1, 0.15) is 11.5 Å². The fourth-order valence-corrected chi connectivity index (χ4v) is 2.72. The number of nitrogens with zero attached hydrogens (tertiary/aromatic N) is 6. The summed E-state index contributed by atoms with van der Waals surface area (Å²) in [5.74, 6) is 1.60. The molecule has 0 amide bonds. The van der Waals surface area contributed by atoms with E-state index in [0.29, 0.717) is 17.5 Å². The van der Waals surface area contributed by atoms with E-state index in [0.717, 1.165) is 10.4 Å². The summed E-state index contributed by atoms with van der Waals surface area (Å²) in [7, 11) is 0. The van der Waals surface area contributed by atoms with Gasteiger partial charge in [0.05, 0.1) is 4.88 Å². The number of aryl methyl sites for hydroxylation is 1. The van der Waals surface area contributed by atoms with E-state index >= 15 is 0 Å². The fourth-order valence-electron chi connectivity index (χ4n) is 2.07. The Kier molecular flexibility index (Phi) is 3.43. The molecule has 0 unspecified atom stereocenters. The highest BCUT2D eigenvalue weighted by molar-refractivity contribution is 7.13. The van der Waals surface area contributed by atoms with Crippen molar-refractivity contribution in [1.29, 1.82) is 0 Å². The van der Waals surface area contributed by atoms with Crippen molar-refractivity contribution in [3.05, 3.63) is 53.2 Å². The lowest BCUT2D eigenvalue weighted by Crippen LogP contribution is -2.04. The number of hydrogen-bond acceptors (Lipinski definition) is 7. The van der Waals surface area contributed by atoms with Gasteiger partial charge >= 0.3 is 0 Å². The summed E-state index contributed by atoms with van der Waals surface area (Å²) in [6, 6.07) is 11.9. The molecule has 0 spiro atoms. The summed E-state index contributed by atoms with van der Waals surface area (Å²) < 4.78 is 5.24. The summed E-state index contributed by atoms with van der Waals surface area (Å²) in [6.45, 7) is 2.33. The van der Waals surface area contributed by atoms with Gasteiger partial charge in [0, 0.05) is 5.56 Å². The van der Waals surface area contributed by atoms with Crippen molar-refractivity contribution in [3.8, 4) is 22.1 Å². The first-order valence-corrected chi connectivity index (χ1v) is 7.87. The van der Waals surface area contributed by atoms with Crippen molar-refractivity contribution in [2.75, 3.05) is 0 Å². The fraction of sp³-hybridized carbons (Fsp3) is 0.133. The number of hydrogen-bond donors (Lipinski definition) is 0. The molecule has 0 N–H and O–H groups in total. The lowest BCUT2D eigenvalue weighted by molar-refractivity contribution is 0.356. The zero-order valence-electron chi connectivity index (χ0n) is 12.2. The molecule has 4 aromatic rings. The van der Waals surface area contributed by atoms with E-state index in [4.69, 9.17) is 4.52 Å². The van der Waals surface area contributed by atoms with Gasteiger partial charge in [0.1, 0.15) is 6.54 Å². The molecule has 0 saturated heterocycles. The molecule has 4 rings (SSSR count). The highest BCUT2D eigenvalue weighted by Gasteiger charge is 2.12. The van der Waals surface area contributed by atoms with Crippen molar-refractivity contribution < 1.29 is 4.52 Å². The van der Waals surface area contributed by atoms with Crippen LogP contribution in [0.4, 0.5) is 0 Å². The van der Waals surface area contributed by atoms with Crippen molar-refractivity contribution in [1.82, 2.24) is 30.3 Å². The standard InChI is InChI=1S/C15H12N6OS/c1-10-4-6-11(7-5-10)14-17-20-21(18-14)9-13-16-15(19-22-13)12-3-2-8-23-12/h2-8H,9H2,1H3. The summed E-state index contributed by atoms with van der Waals surface area (Å²) in [6.07, 6.45) is 0. The lowest BCUT2D eigenvalue weighted by atomic mass is 10.1. The third-order valence-electron chi connectivity index (χ3n) is 3.25. The molecule has 114 valence electrons. The average Bonchev–Trinajstić information content (AvgIpc) is 3.29. The maximum Gasteiger partial charge on any atom is 0.250 e. The Bertz CT molecular complexity index is 910. The summed E-state index contributed by atoms with van der Waals surface area (Å²) in [5.41, 5.74) is 2.11. The minimum Gasteiger partial charge on any atom is -0.337 e. The normalized spacial score (nSPS) is 11.0. The predicted octanol–water partition coefficient (Wildman–Crippen LogP) is 2.81. The van der Waals surface area contributed by atoms with E-state index in [2.05, 4.69) is 25.6 Å². The minimum atomic E-state index is 0.289. The molecule has 0 saturated carbocycles. The van der Waals surface area contributed by atoms with Gasteiger partial charge in [-0.2, -0.15) is 9.78 Å². The van der Waals surface area contributed by atoms with Crippen LogP contribution in [-0.4, -0.2) is 30.3 Å². The van der Waals surface area contributed by atoms with Gasteiger partial charge < -0.3 is 4.52 Å². The van der Waals surface area contributed by atoms with Crippen LogP contribution in [-0.2, 0) is 6.54 Å². The predicted molar refractivity (Wildman–Crippen MR) is 84.7 cm³/mol.